The molecular formula is C41H48F2N2O6. The Bertz CT molecular complexity index is 1780. The molecule has 7 rings (SSSR count). The second-order valence-corrected chi connectivity index (χ2v) is 15.9. The SMILES string of the molecule is CC1(CNC(=O)[C@H]2[C@@H]3CC[C@@H](C3)[C@H]2NC(=O)c2cc(O[C@H]3CC[C@@](C)(C(=O)OCc4cccc5ccccc45)CC3)c(F)cc2OCF)CCC1. The summed E-state index contributed by atoms with van der Waals surface area (Å²) in [6.07, 6.45) is 7.60. The number of esters is 1. The minimum atomic E-state index is -1.24. The zero-order valence-electron chi connectivity index (χ0n) is 29.5. The number of carbonyl (C=O) groups excluding carboxylic acids is 3. The van der Waals surface area contributed by atoms with Gasteiger partial charge in [0, 0.05) is 18.7 Å². The highest BCUT2D eigenvalue weighted by Gasteiger charge is 2.52. The molecule has 272 valence electrons. The molecule has 8 nitrogen and oxygen atoms in total. The molecule has 10 heteroatoms. The van der Waals surface area contributed by atoms with Crippen LogP contribution in [0.5, 0.6) is 11.5 Å². The lowest BCUT2D eigenvalue weighted by atomic mass is 9.70. The van der Waals surface area contributed by atoms with Crippen molar-refractivity contribution in [2.45, 2.75) is 96.8 Å². The minimum absolute atomic E-state index is 0.0364. The lowest BCUT2D eigenvalue weighted by Gasteiger charge is -2.39. The van der Waals surface area contributed by atoms with Gasteiger partial charge in [0.2, 0.25) is 12.8 Å². The van der Waals surface area contributed by atoms with Crippen LogP contribution >= 0.6 is 0 Å². The third-order valence-corrected chi connectivity index (χ3v) is 12.3. The molecule has 0 saturated heterocycles. The van der Waals surface area contributed by atoms with Gasteiger partial charge in [0.1, 0.15) is 12.4 Å². The number of ether oxygens (including phenoxy) is 3. The molecule has 2 N–H and O–H groups in total. The van der Waals surface area contributed by atoms with Crippen LogP contribution in [0.4, 0.5) is 8.78 Å². The molecule has 0 heterocycles. The number of alkyl halides is 1. The van der Waals surface area contributed by atoms with Crippen LogP contribution in [0.15, 0.2) is 54.6 Å². The topological polar surface area (TPSA) is 103 Å². The summed E-state index contributed by atoms with van der Waals surface area (Å²) in [7, 11) is 0. The van der Waals surface area contributed by atoms with Crippen LogP contribution in [0, 0.1) is 34.4 Å². The molecule has 2 amide bonds. The smallest absolute Gasteiger partial charge is 0.312 e. The largest absolute Gasteiger partial charge is 0.487 e. The number of carbonyl (C=O) groups is 3. The van der Waals surface area contributed by atoms with E-state index >= 15 is 4.39 Å². The first-order chi connectivity index (χ1) is 24.6. The van der Waals surface area contributed by atoms with E-state index in [0.29, 0.717) is 32.2 Å². The highest BCUT2D eigenvalue weighted by atomic mass is 19.1. The molecule has 4 atom stereocenters. The van der Waals surface area contributed by atoms with Crippen molar-refractivity contribution in [3.8, 4) is 11.5 Å². The lowest BCUT2D eigenvalue weighted by molar-refractivity contribution is -0.159. The Kier molecular flexibility index (Phi) is 9.96. The van der Waals surface area contributed by atoms with E-state index < -0.39 is 30.1 Å². The van der Waals surface area contributed by atoms with Crippen LogP contribution in [-0.4, -0.2) is 43.3 Å². The molecule has 0 radical (unpaired) electrons. The average Bonchev–Trinajstić information content (AvgIpc) is 3.73. The van der Waals surface area contributed by atoms with Crippen LogP contribution in [0.3, 0.4) is 0 Å². The molecular weight excluding hydrogens is 654 g/mol. The second-order valence-electron chi connectivity index (χ2n) is 15.9. The summed E-state index contributed by atoms with van der Waals surface area (Å²) in [5.41, 5.74) is 0.306. The van der Waals surface area contributed by atoms with E-state index in [1.807, 2.05) is 49.4 Å². The van der Waals surface area contributed by atoms with E-state index in [1.165, 1.54) is 12.5 Å². The van der Waals surface area contributed by atoms with E-state index in [0.717, 1.165) is 54.5 Å². The zero-order valence-corrected chi connectivity index (χ0v) is 29.5. The van der Waals surface area contributed by atoms with Gasteiger partial charge in [-0.3, -0.25) is 14.4 Å². The normalized spacial score (nSPS) is 27.7. The monoisotopic (exact) mass is 702 g/mol. The third-order valence-electron chi connectivity index (χ3n) is 12.3. The summed E-state index contributed by atoms with van der Waals surface area (Å²) in [6.45, 7) is 3.63. The summed E-state index contributed by atoms with van der Waals surface area (Å²) in [6, 6.07) is 15.8. The van der Waals surface area contributed by atoms with Crippen LogP contribution in [-0.2, 0) is 20.9 Å². The molecule has 51 heavy (non-hydrogen) atoms. The Hall–Kier alpha value is -4.21. The van der Waals surface area contributed by atoms with Gasteiger partial charge in [-0.25, -0.2) is 8.78 Å². The summed E-state index contributed by atoms with van der Waals surface area (Å²) < 4.78 is 45.7. The molecule has 3 aromatic carbocycles. The van der Waals surface area contributed by atoms with E-state index in [-0.39, 0.29) is 64.8 Å². The van der Waals surface area contributed by atoms with Gasteiger partial charge in [-0.2, -0.15) is 0 Å². The first-order valence-electron chi connectivity index (χ1n) is 18.5. The standard InChI is InChI=1S/C41H48F2N2O6/c1-40(15-6-16-40)23-44-38(47)35-26-11-12-27(19-26)36(35)45-37(46)31-20-34(32(43)21-33(31)50-24-42)51-29-13-17-41(2,18-14-29)39(48)49-22-28-9-5-8-25-7-3-4-10-30(25)28/h3-5,7-10,20-21,26-27,29,35-36H,6,11-19,22-24H2,1-2H3,(H,44,47)(H,45,46)/t26-,27+,29-,35+,36-,41+/m1/s1. The Morgan fingerprint density at radius 2 is 1.65 bits per heavy atom. The summed E-state index contributed by atoms with van der Waals surface area (Å²) >= 11 is 0. The molecule has 4 aliphatic rings. The Labute approximate surface area is 298 Å². The van der Waals surface area contributed by atoms with Crippen molar-refractivity contribution in [1.29, 1.82) is 0 Å². The molecule has 4 fully saturated rings. The van der Waals surface area contributed by atoms with Crippen LogP contribution in [0.1, 0.15) is 94.0 Å². The predicted molar refractivity (Wildman–Crippen MR) is 188 cm³/mol. The van der Waals surface area contributed by atoms with Gasteiger partial charge in [-0.1, -0.05) is 55.8 Å². The number of benzene rings is 3. The lowest BCUT2D eigenvalue weighted by Crippen LogP contribution is -2.51. The summed E-state index contributed by atoms with van der Waals surface area (Å²) in [4.78, 5) is 40.5. The summed E-state index contributed by atoms with van der Waals surface area (Å²) in [5, 5.41) is 8.34. The zero-order chi connectivity index (χ0) is 35.8. The van der Waals surface area contributed by atoms with Gasteiger partial charge >= 0.3 is 5.97 Å². The van der Waals surface area contributed by atoms with Gasteiger partial charge in [-0.05, 0) is 104 Å². The number of hydrogen-bond acceptors (Lipinski definition) is 6. The third kappa shape index (κ3) is 7.28. The Morgan fingerprint density at radius 1 is 0.902 bits per heavy atom. The van der Waals surface area contributed by atoms with E-state index in [4.69, 9.17) is 14.2 Å². The maximum absolute atomic E-state index is 15.3. The van der Waals surface area contributed by atoms with Crippen molar-refractivity contribution >= 4 is 28.6 Å². The van der Waals surface area contributed by atoms with Gasteiger partial charge in [-0.15, -0.1) is 0 Å². The van der Waals surface area contributed by atoms with Crippen molar-refractivity contribution in [1.82, 2.24) is 10.6 Å². The fourth-order valence-corrected chi connectivity index (χ4v) is 8.93. The van der Waals surface area contributed by atoms with Crippen molar-refractivity contribution in [3.63, 3.8) is 0 Å². The summed E-state index contributed by atoms with van der Waals surface area (Å²) in [5.74, 6) is -2.03. The average molecular weight is 703 g/mol. The van der Waals surface area contributed by atoms with Crippen molar-refractivity contribution in [2.75, 3.05) is 13.4 Å². The van der Waals surface area contributed by atoms with E-state index in [9.17, 15) is 18.8 Å². The molecule has 0 unspecified atom stereocenters. The molecule has 0 aliphatic heterocycles. The van der Waals surface area contributed by atoms with Gasteiger partial charge < -0.3 is 24.8 Å². The molecule has 4 saturated carbocycles. The molecule has 4 aliphatic carbocycles. The first-order valence-corrected chi connectivity index (χ1v) is 18.5. The Morgan fingerprint density at radius 3 is 2.39 bits per heavy atom. The number of halogens is 2. The van der Waals surface area contributed by atoms with E-state index in [1.54, 1.807) is 0 Å². The quantitative estimate of drug-likeness (QED) is 0.187. The molecule has 3 aromatic rings. The maximum atomic E-state index is 15.3. The second kappa shape index (κ2) is 14.4. The molecule has 0 spiro atoms. The molecule has 2 bridgehead atoms. The number of amides is 2. The van der Waals surface area contributed by atoms with Gasteiger partial charge in [0.05, 0.1) is 23.0 Å². The van der Waals surface area contributed by atoms with Crippen LogP contribution in [0.2, 0.25) is 0 Å². The number of nitrogens with one attached hydrogen (secondary N) is 2. The van der Waals surface area contributed by atoms with Crippen molar-refractivity contribution in [2.24, 2.45) is 28.6 Å². The van der Waals surface area contributed by atoms with Crippen LogP contribution in [0.25, 0.3) is 10.8 Å². The fourth-order valence-electron chi connectivity index (χ4n) is 8.93. The van der Waals surface area contributed by atoms with Gasteiger partial charge in [0.25, 0.3) is 5.91 Å². The highest BCUT2D eigenvalue weighted by Crippen LogP contribution is 2.49. The minimum Gasteiger partial charge on any atom is -0.487 e. The van der Waals surface area contributed by atoms with E-state index in [2.05, 4.69) is 17.6 Å². The van der Waals surface area contributed by atoms with Crippen molar-refractivity contribution < 1.29 is 37.4 Å². The molecule has 0 aromatic heterocycles. The maximum Gasteiger partial charge on any atom is 0.312 e. The fraction of sp³-hybridized carbons (Fsp3) is 0.537. The number of fused-ring (bicyclic) bond motifs is 3. The highest BCUT2D eigenvalue weighted by molar-refractivity contribution is 5.98. The van der Waals surface area contributed by atoms with Gasteiger partial charge in [0.15, 0.2) is 11.6 Å². The number of rotatable bonds is 12. The predicted octanol–water partition coefficient (Wildman–Crippen LogP) is 7.81. The van der Waals surface area contributed by atoms with Crippen LogP contribution < -0.4 is 20.1 Å². The number of hydrogen-bond donors (Lipinski definition) is 2. The Balaban J connectivity index is 0.988. The first kappa shape index (κ1) is 35.2. The van der Waals surface area contributed by atoms with Crippen molar-refractivity contribution in [3.05, 3.63) is 71.5 Å².